The summed E-state index contributed by atoms with van der Waals surface area (Å²) >= 11 is 0. The first kappa shape index (κ1) is 35.5. The second kappa shape index (κ2) is 14.8. The largest absolute Gasteiger partial charge is 0.512 e. The Labute approximate surface area is 277 Å². The third-order valence-corrected chi connectivity index (χ3v) is 8.52. The molecule has 5 rings (SSSR count). The Morgan fingerprint density at radius 3 is 2.25 bits per heavy atom. The number of aliphatic hydroxyl groups excluding tert-OH is 1. The molecule has 0 amide bonds. The zero-order valence-corrected chi connectivity index (χ0v) is 30.2. The van der Waals surface area contributed by atoms with Crippen molar-refractivity contribution in [3.8, 4) is 22.8 Å². The molecule has 1 aliphatic heterocycles. The summed E-state index contributed by atoms with van der Waals surface area (Å²) in [7, 11) is 0. The zero-order chi connectivity index (χ0) is 31.5. The molecule has 0 saturated carbocycles. The monoisotopic (exact) mass is 771 g/mol. The molecule has 0 aliphatic carbocycles. The minimum Gasteiger partial charge on any atom is -0.512 e. The molecule has 44 heavy (non-hydrogen) atoms. The summed E-state index contributed by atoms with van der Waals surface area (Å²) in [5, 5.41) is 14.4. The maximum atomic E-state index is 11.7. The van der Waals surface area contributed by atoms with Crippen molar-refractivity contribution in [3.05, 3.63) is 77.2 Å². The molecule has 1 radical (unpaired) electrons. The van der Waals surface area contributed by atoms with Crippen LogP contribution in [0.3, 0.4) is 0 Å². The molecule has 4 aromatic rings. The average Bonchev–Trinajstić information content (AvgIpc) is 2.94. The SMILES string of the molecule is CCC(CC)C(=O)/C=C(\O)C(CC)CC.Cc1cc(C)c2c[c-]c3c(c2c1)Oc1cc(CC(C)(C)C)cc2ccnc-3c12.[Ir]. The van der Waals surface area contributed by atoms with Crippen molar-refractivity contribution in [2.75, 3.05) is 0 Å². The molecule has 0 atom stereocenters. The molecule has 0 unspecified atom stereocenters. The molecule has 5 heteroatoms. The number of benzene rings is 3. The van der Waals surface area contributed by atoms with Crippen molar-refractivity contribution < 1.29 is 34.7 Å². The van der Waals surface area contributed by atoms with Crippen LogP contribution in [0.1, 0.15) is 90.8 Å². The molecular formula is C39H48IrNO3-. The number of nitrogens with zero attached hydrogens (tertiary/aromatic N) is 1. The molecular weight excluding hydrogens is 723 g/mol. The molecule has 1 N–H and O–H groups in total. The summed E-state index contributed by atoms with van der Waals surface area (Å²) in [6.07, 6.45) is 7.81. The molecule has 1 aromatic heterocycles. The number of rotatable bonds is 8. The van der Waals surface area contributed by atoms with E-state index in [2.05, 4.69) is 77.1 Å². The molecule has 4 nitrogen and oxygen atoms in total. The number of aliphatic hydroxyl groups is 1. The second-order valence-electron chi connectivity index (χ2n) is 13.2. The number of hydrogen-bond acceptors (Lipinski definition) is 4. The first-order chi connectivity index (χ1) is 20.4. The number of aryl methyl sites for hydroxylation is 2. The normalized spacial score (nSPS) is 12.5. The smallest absolute Gasteiger partial charge is 0.162 e. The average molecular weight is 771 g/mol. The van der Waals surface area contributed by atoms with Crippen molar-refractivity contribution in [3.63, 3.8) is 0 Å². The number of fused-ring (bicyclic) bond motifs is 4. The van der Waals surface area contributed by atoms with Crippen molar-refractivity contribution in [1.82, 2.24) is 4.98 Å². The minimum atomic E-state index is 0. The van der Waals surface area contributed by atoms with Crippen LogP contribution >= 0.6 is 0 Å². The quantitative estimate of drug-likeness (QED) is 0.0970. The van der Waals surface area contributed by atoms with Crippen LogP contribution in [-0.2, 0) is 31.3 Å². The fraction of sp³-hybridized carbons (Fsp3) is 0.436. The van der Waals surface area contributed by atoms with Gasteiger partial charge >= 0.3 is 0 Å². The van der Waals surface area contributed by atoms with Crippen LogP contribution in [0.5, 0.6) is 11.5 Å². The Kier molecular flexibility index (Phi) is 12.0. The van der Waals surface area contributed by atoms with Gasteiger partial charge in [0.1, 0.15) is 5.75 Å². The third kappa shape index (κ3) is 7.79. The summed E-state index contributed by atoms with van der Waals surface area (Å²) in [5.74, 6) is 2.34. The number of ether oxygens (including phenoxy) is 1. The summed E-state index contributed by atoms with van der Waals surface area (Å²) in [6.45, 7) is 19.2. The fourth-order valence-corrected chi connectivity index (χ4v) is 6.20. The fourth-order valence-electron chi connectivity index (χ4n) is 6.20. The van der Waals surface area contributed by atoms with E-state index in [1.807, 2.05) is 33.9 Å². The van der Waals surface area contributed by atoms with E-state index >= 15 is 0 Å². The van der Waals surface area contributed by atoms with Gasteiger partial charge in [-0.2, -0.15) is 0 Å². The van der Waals surface area contributed by atoms with Gasteiger partial charge in [0.25, 0.3) is 0 Å². The van der Waals surface area contributed by atoms with Gasteiger partial charge in [0.15, 0.2) is 5.78 Å². The Morgan fingerprint density at radius 2 is 1.64 bits per heavy atom. The van der Waals surface area contributed by atoms with Crippen LogP contribution in [0.2, 0.25) is 0 Å². The summed E-state index contributed by atoms with van der Waals surface area (Å²) in [6, 6.07) is 16.5. The molecule has 0 fully saturated rings. The van der Waals surface area contributed by atoms with E-state index < -0.39 is 0 Å². The number of carbonyl (C=O) groups is 1. The van der Waals surface area contributed by atoms with E-state index in [0.29, 0.717) is 0 Å². The Bertz CT molecular complexity index is 1660. The van der Waals surface area contributed by atoms with Crippen LogP contribution in [0.25, 0.3) is 32.8 Å². The van der Waals surface area contributed by atoms with E-state index in [4.69, 9.17) is 9.72 Å². The Morgan fingerprint density at radius 1 is 0.977 bits per heavy atom. The van der Waals surface area contributed by atoms with Gasteiger partial charge in [-0.25, -0.2) is 0 Å². The maximum Gasteiger partial charge on any atom is 0.162 e. The van der Waals surface area contributed by atoms with Gasteiger partial charge in [0, 0.05) is 55.3 Å². The predicted octanol–water partition coefficient (Wildman–Crippen LogP) is 11.0. The first-order valence-electron chi connectivity index (χ1n) is 15.9. The summed E-state index contributed by atoms with van der Waals surface area (Å²) < 4.78 is 6.56. The number of carbonyl (C=O) groups excluding carboxylic acids is 1. The number of aromatic nitrogens is 1. The molecule has 3 aromatic carbocycles. The Balaban J connectivity index is 0.000000286. The van der Waals surface area contributed by atoms with E-state index in [9.17, 15) is 9.90 Å². The Hall–Kier alpha value is -3.01. The summed E-state index contributed by atoms with van der Waals surface area (Å²) in [4.78, 5) is 16.4. The van der Waals surface area contributed by atoms with Gasteiger partial charge < -0.3 is 14.8 Å². The summed E-state index contributed by atoms with van der Waals surface area (Å²) in [5.41, 5.74) is 5.93. The standard InChI is InChI=1S/C26H24NO.C13H24O2.Ir/c1-15-10-16(2)19-6-7-20-24-23-18(8-9-27-24)12-17(14-26(3,4)5)13-22(23)28-25(20)21(19)11-15;1-5-10(6-2)12(14)9-13(15)11(7-3)8-4;/h6,8-13H,14H2,1-5H3;9-11,14H,5-8H2,1-4H3;/q-1;;/b;12-9-;. The van der Waals surface area contributed by atoms with E-state index in [1.54, 1.807) is 0 Å². The number of allylic oxidation sites excluding steroid dienone is 2. The van der Waals surface area contributed by atoms with Gasteiger partial charge in [-0.05, 0) is 74.4 Å². The number of ketones is 1. The molecule has 2 heterocycles. The number of pyridine rings is 1. The van der Waals surface area contributed by atoms with Crippen molar-refractivity contribution in [2.45, 2.75) is 94.4 Å². The van der Waals surface area contributed by atoms with Gasteiger partial charge in [0.05, 0.1) is 11.5 Å². The minimum absolute atomic E-state index is 0. The van der Waals surface area contributed by atoms with Crippen molar-refractivity contribution >= 4 is 27.3 Å². The maximum absolute atomic E-state index is 11.7. The zero-order valence-electron chi connectivity index (χ0n) is 27.9. The molecule has 0 spiro atoms. The molecule has 0 bridgehead atoms. The van der Waals surface area contributed by atoms with Crippen molar-refractivity contribution in [1.29, 1.82) is 0 Å². The predicted molar refractivity (Wildman–Crippen MR) is 180 cm³/mol. The first-order valence-corrected chi connectivity index (χ1v) is 15.9. The molecule has 1 aliphatic rings. The van der Waals surface area contributed by atoms with Gasteiger partial charge in [-0.15, -0.1) is 12.1 Å². The molecule has 0 saturated heterocycles. The van der Waals surface area contributed by atoms with E-state index in [1.165, 1.54) is 33.5 Å². The van der Waals surface area contributed by atoms with Gasteiger partial charge in [0.2, 0.25) is 0 Å². The van der Waals surface area contributed by atoms with Crippen LogP contribution in [-0.4, -0.2) is 15.9 Å². The van der Waals surface area contributed by atoms with Crippen LogP contribution in [0.4, 0.5) is 0 Å². The third-order valence-electron chi connectivity index (χ3n) is 8.52. The number of hydrogen-bond donors (Lipinski definition) is 1. The van der Waals surface area contributed by atoms with Gasteiger partial charge in [-0.1, -0.05) is 94.1 Å². The van der Waals surface area contributed by atoms with Crippen molar-refractivity contribution in [2.24, 2.45) is 17.3 Å². The van der Waals surface area contributed by atoms with Gasteiger partial charge in [-0.3, -0.25) is 4.79 Å². The van der Waals surface area contributed by atoms with Crippen LogP contribution < -0.4 is 4.74 Å². The van der Waals surface area contributed by atoms with E-state index in [-0.39, 0.29) is 48.9 Å². The second-order valence-corrected chi connectivity index (χ2v) is 13.2. The van der Waals surface area contributed by atoms with E-state index in [0.717, 1.165) is 65.6 Å². The molecule has 237 valence electrons. The van der Waals surface area contributed by atoms with Crippen LogP contribution in [0, 0.1) is 37.2 Å². The van der Waals surface area contributed by atoms with Crippen LogP contribution in [0.15, 0.2) is 54.4 Å². The topological polar surface area (TPSA) is 59.4 Å².